The Balaban J connectivity index is 1.81. The fourth-order valence-corrected chi connectivity index (χ4v) is 3.63. The van der Waals surface area contributed by atoms with E-state index in [2.05, 4.69) is 15.0 Å². The molecule has 0 saturated carbocycles. The molecule has 2 N–H and O–H groups in total. The topological polar surface area (TPSA) is 87.6 Å². The van der Waals surface area contributed by atoms with E-state index in [0.717, 1.165) is 0 Å². The zero-order chi connectivity index (χ0) is 17.3. The molecule has 8 heteroatoms. The van der Waals surface area contributed by atoms with Crippen molar-refractivity contribution in [1.82, 2.24) is 4.72 Å². The number of rotatable bonds is 3. The van der Waals surface area contributed by atoms with Gasteiger partial charge in [0.2, 0.25) is 5.91 Å². The van der Waals surface area contributed by atoms with Crippen molar-refractivity contribution in [3.05, 3.63) is 59.1 Å². The molecule has 0 bridgehead atoms. The minimum atomic E-state index is -3.62. The Morgan fingerprint density at radius 3 is 2.54 bits per heavy atom. The predicted octanol–water partition coefficient (Wildman–Crippen LogP) is 2.41. The van der Waals surface area contributed by atoms with E-state index in [0.29, 0.717) is 16.3 Å². The van der Waals surface area contributed by atoms with E-state index in [1.54, 1.807) is 49.4 Å². The highest BCUT2D eigenvalue weighted by Crippen LogP contribution is 2.22. The van der Waals surface area contributed by atoms with Crippen molar-refractivity contribution in [3.63, 3.8) is 0 Å². The van der Waals surface area contributed by atoms with Gasteiger partial charge in [-0.2, -0.15) is 0 Å². The second-order valence-corrected chi connectivity index (χ2v) is 7.34. The molecule has 1 atom stereocenters. The average molecular weight is 364 g/mol. The molecular formula is C16H14ClN3O3S. The molecule has 0 unspecified atom stereocenters. The maximum atomic E-state index is 12.2. The highest BCUT2D eigenvalue weighted by atomic mass is 35.5. The molecule has 2 aromatic carbocycles. The van der Waals surface area contributed by atoms with Gasteiger partial charge in [0.05, 0.1) is 4.90 Å². The van der Waals surface area contributed by atoms with Crippen molar-refractivity contribution in [2.45, 2.75) is 17.9 Å². The number of nitrogens with zero attached hydrogens (tertiary/aromatic N) is 1. The average Bonchev–Trinajstić information content (AvgIpc) is 2.81. The van der Waals surface area contributed by atoms with Gasteiger partial charge in [-0.25, -0.2) is 8.42 Å². The van der Waals surface area contributed by atoms with E-state index in [1.165, 1.54) is 6.07 Å². The Kier molecular flexibility index (Phi) is 4.29. The number of aliphatic imine (C=N–C) groups is 1. The summed E-state index contributed by atoms with van der Waals surface area (Å²) < 4.78 is 26.4. The van der Waals surface area contributed by atoms with E-state index in [4.69, 9.17) is 11.6 Å². The number of carbonyl (C=O) groups excluding carboxylic acids is 1. The van der Waals surface area contributed by atoms with Gasteiger partial charge in [-0.3, -0.25) is 14.5 Å². The van der Waals surface area contributed by atoms with Crippen LogP contribution in [0.2, 0.25) is 5.02 Å². The third kappa shape index (κ3) is 3.27. The number of hydrogen-bond donors (Lipinski definition) is 2. The zero-order valence-corrected chi connectivity index (χ0v) is 14.2. The Hall–Kier alpha value is -2.38. The Morgan fingerprint density at radius 2 is 1.83 bits per heavy atom. The molecule has 0 radical (unpaired) electrons. The number of nitrogens with one attached hydrogen (secondary N) is 2. The van der Waals surface area contributed by atoms with Crippen LogP contribution in [0, 0.1) is 0 Å². The summed E-state index contributed by atoms with van der Waals surface area (Å²) in [5.74, 6) is -0.183. The first-order valence-corrected chi connectivity index (χ1v) is 8.99. The first-order chi connectivity index (χ1) is 11.4. The number of fused-ring (bicyclic) bond motifs is 1. The van der Waals surface area contributed by atoms with Crippen LogP contribution < -0.4 is 10.0 Å². The van der Waals surface area contributed by atoms with E-state index in [1.807, 2.05) is 0 Å². The summed E-state index contributed by atoms with van der Waals surface area (Å²) in [5.41, 5.74) is 1.05. The molecular weight excluding hydrogens is 350 g/mol. The highest BCUT2D eigenvalue weighted by Gasteiger charge is 2.31. The summed E-state index contributed by atoms with van der Waals surface area (Å²) >= 11 is 5.80. The van der Waals surface area contributed by atoms with Crippen molar-refractivity contribution in [1.29, 1.82) is 0 Å². The van der Waals surface area contributed by atoms with Crippen LogP contribution in [0.25, 0.3) is 0 Å². The lowest BCUT2D eigenvalue weighted by atomic mass is 10.2. The van der Waals surface area contributed by atoms with Gasteiger partial charge in [0.15, 0.2) is 0 Å². The molecule has 0 aliphatic carbocycles. The summed E-state index contributed by atoms with van der Waals surface area (Å²) in [5, 5.41) is 3.27. The zero-order valence-electron chi connectivity index (χ0n) is 12.7. The van der Waals surface area contributed by atoms with Gasteiger partial charge in [0, 0.05) is 16.3 Å². The van der Waals surface area contributed by atoms with Gasteiger partial charge in [-0.05, 0) is 43.3 Å². The van der Waals surface area contributed by atoms with Crippen LogP contribution in [0.15, 0.2) is 58.4 Å². The molecule has 3 rings (SSSR count). The van der Waals surface area contributed by atoms with E-state index in [-0.39, 0.29) is 16.6 Å². The standard InChI is InChI=1S/C16H14ClN3O3S/c1-10(16(21)19-12-8-6-11(17)7-9-12)18-15-13-4-2-3-5-14(13)24(22,23)20-15/h2-10H,1H3,(H,18,20)(H,19,21)/t10-/m0/s1. The smallest absolute Gasteiger partial charge is 0.263 e. The molecule has 0 spiro atoms. The minimum absolute atomic E-state index is 0.161. The maximum absolute atomic E-state index is 12.2. The Morgan fingerprint density at radius 1 is 1.17 bits per heavy atom. The van der Waals surface area contributed by atoms with Crippen molar-refractivity contribution in [2.75, 3.05) is 5.32 Å². The number of amides is 1. The maximum Gasteiger partial charge on any atom is 0.263 e. The SMILES string of the molecule is C[C@H](N=C1NS(=O)(=O)c2ccccc21)C(=O)Nc1ccc(Cl)cc1. The Labute approximate surface area is 144 Å². The number of benzene rings is 2. The van der Waals surface area contributed by atoms with Crippen LogP contribution in [0.4, 0.5) is 5.69 Å². The van der Waals surface area contributed by atoms with Crippen molar-refractivity contribution in [3.8, 4) is 0 Å². The van der Waals surface area contributed by atoms with Crippen molar-refractivity contribution < 1.29 is 13.2 Å². The van der Waals surface area contributed by atoms with Crippen LogP contribution in [0.3, 0.4) is 0 Å². The molecule has 6 nitrogen and oxygen atoms in total. The van der Waals surface area contributed by atoms with E-state index < -0.39 is 16.1 Å². The molecule has 0 fully saturated rings. The van der Waals surface area contributed by atoms with Gasteiger partial charge in [0.25, 0.3) is 10.0 Å². The fourth-order valence-electron chi connectivity index (χ4n) is 2.26. The third-order valence-electron chi connectivity index (χ3n) is 3.48. The molecule has 1 aliphatic rings. The van der Waals surface area contributed by atoms with Gasteiger partial charge >= 0.3 is 0 Å². The number of hydrogen-bond acceptors (Lipinski definition) is 4. The van der Waals surface area contributed by atoms with Crippen molar-refractivity contribution in [2.24, 2.45) is 4.99 Å². The second-order valence-electron chi connectivity index (χ2n) is 5.25. The van der Waals surface area contributed by atoms with Crippen molar-refractivity contribution >= 4 is 39.1 Å². The first-order valence-electron chi connectivity index (χ1n) is 7.13. The first kappa shape index (κ1) is 16.5. The monoisotopic (exact) mass is 363 g/mol. The molecule has 2 aromatic rings. The number of amidine groups is 1. The third-order valence-corrected chi connectivity index (χ3v) is 5.13. The van der Waals surface area contributed by atoms with Crippen LogP contribution >= 0.6 is 11.6 Å². The fraction of sp³-hybridized carbons (Fsp3) is 0.125. The second kappa shape index (κ2) is 6.26. The van der Waals surface area contributed by atoms with Gasteiger partial charge in [-0.1, -0.05) is 23.7 Å². The quantitative estimate of drug-likeness (QED) is 0.877. The van der Waals surface area contributed by atoms with Crippen LogP contribution in [-0.4, -0.2) is 26.2 Å². The lowest BCUT2D eigenvalue weighted by molar-refractivity contribution is -0.117. The van der Waals surface area contributed by atoms with Crippen LogP contribution in [-0.2, 0) is 14.8 Å². The van der Waals surface area contributed by atoms with Gasteiger partial charge in [0.1, 0.15) is 11.9 Å². The number of sulfonamides is 1. The normalized spacial score (nSPS) is 17.8. The molecule has 24 heavy (non-hydrogen) atoms. The van der Waals surface area contributed by atoms with Gasteiger partial charge in [-0.15, -0.1) is 0 Å². The number of anilines is 1. The van der Waals surface area contributed by atoms with Gasteiger partial charge < -0.3 is 5.32 Å². The Bertz CT molecular complexity index is 924. The number of carbonyl (C=O) groups is 1. The summed E-state index contributed by atoms with van der Waals surface area (Å²) in [6, 6.07) is 12.4. The highest BCUT2D eigenvalue weighted by molar-refractivity contribution is 7.90. The van der Waals surface area contributed by atoms with Crippen LogP contribution in [0.5, 0.6) is 0 Å². The summed E-state index contributed by atoms with van der Waals surface area (Å²) in [6.45, 7) is 1.59. The lowest BCUT2D eigenvalue weighted by Crippen LogP contribution is -2.28. The number of halogens is 1. The summed E-state index contributed by atoms with van der Waals surface area (Å²) in [6.07, 6.45) is 0. The van der Waals surface area contributed by atoms with Crippen LogP contribution in [0.1, 0.15) is 12.5 Å². The van der Waals surface area contributed by atoms with E-state index in [9.17, 15) is 13.2 Å². The molecule has 1 aliphatic heterocycles. The molecule has 0 aromatic heterocycles. The molecule has 1 amide bonds. The minimum Gasteiger partial charge on any atom is -0.324 e. The lowest BCUT2D eigenvalue weighted by Gasteiger charge is -2.09. The molecule has 124 valence electrons. The molecule has 1 heterocycles. The summed E-state index contributed by atoms with van der Waals surface area (Å²) in [7, 11) is -3.62. The molecule has 0 saturated heterocycles. The predicted molar refractivity (Wildman–Crippen MR) is 92.8 cm³/mol. The van der Waals surface area contributed by atoms with E-state index >= 15 is 0 Å². The summed E-state index contributed by atoms with van der Waals surface area (Å²) in [4.78, 5) is 16.6. The largest absolute Gasteiger partial charge is 0.324 e.